The number of aliphatic hydroxyl groups excluding tert-OH is 1. The molecule has 0 fully saturated rings. The van der Waals surface area contributed by atoms with Gasteiger partial charge in [-0.2, -0.15) is 0 Å². The van der Waals surface area contributed by atoms with Crippen LogP contribution in [0.2, 0.25) is 0 Å². The van der Waals surface area contributed by atoms with Crippen LogP contribution in [-0.2, 0) is 0 Å². The first kappa shape index (κ1) is 13.7. The summed E-state index contributed by atoms with van der Waals surface area (Å²) in [6.07, 6.45) is 1.82. The molecule has 0 amide bonds. The topological polar surface area (TPSA) is 41.5 Å². The van der Waals surface area contributed by atoms with Gasteiger partial charge < -0.3 is 15.2 Å². The Bertz CT molecular complexity index is 355. The molecule has 0 radical (unpaired) electrons. The molecule has 1 aromatic carbocycles. The Labute approximate surface area is 103 Å². The van der Waals surface area contributed by atoms with Gasteiger partial charge in [-0.1, -0.05) is 23.8 Å². The minimum atomic E-state index is -0.302. The molecule has 1 unspecified atom stereocenters. The van der Waals surface area contributed by atoms with Crippen molar-refractivity contribution in [1.82, 2.24) is 5.32 Å². The molecule has 3 heteroatoms. The quantitative estimate of drug-likeness (QED) is 0.793. The lowest BCUT2D eigenvalue weighted by Crippen LogP contribution is -2.25. The lowest BCUT2D eigenvalue weighted by atomic mass is 10.1. The van der Waals surface area contributed by atoms with Crippen molar-refractivity contribution in [3.8, 4) is 5.75 Å². The molecule has 3 nitrogen and oxygen atoms in total. The predicted molar refractivity (Wildman–Crippen MR) is 71.2 cm³/mol. The maximum absolute atomic E-state index is 9.12. The third kappa shape index (κ3) is 5.52. The Morgan fingerprint density at radius 2 is 2.06 bits per heavy atom. The number of nitrogens with one attached hydrogen (secondary N) is 1. The van der Waals surface area contributed by atoms with Crippen LogP contribution in [0.3, 0.4) is 0 Å². The largest absolute Gasteiger partial charge is 0.497 e. The van der Waals surface area contributed by atoms with Crippen molar-refractivity contribution in [2.45, 2.75) is 20.0 Å². The van der Waals surface area contributed by atoms with Gasteiger partial charge in [0, 0.05) is 13.1 Å². The van der Waals surface area contributed by atoms with Crippen LogP contribution in [0.5, 0.6) is 5.75 Å². The summed E-state index contributed by atoms with van der Waals surface area (Å²) in [7, 11) is 1.66. The summed E-state index contributed by atoms with van der Waals surface area (Å²) in [5, 5.41) is 12.3. The van der Waals surface area contributed by atoms with E-state index in [2.05, 4.69) is 18.3 Å². The van der Waals surface area contributed by atoms with Crippen molar-refractivity contribution in [2.24, 2.45) is 0 Å². The highest BCUT2D eigenvalue weighted by Gasteiger charge is 1.96. The minimum Gasteiger partial charge on any atom is -0.497 e. The van der Waals surface area contributed by atoms with Gasteiger partial charge in [-0.3, -0.25) is 0 Å². The molecule has 0 aliphatic rings. The van der Waals surface area contributed by atoms with Crippen LogP contribution in [0.4, 0.5) is 0 Å². The summed E-state index contributed by atoms with van der Waals surface area (Å²) < 4.78 is 5.10. The average Bonchev–Trinajstić information content (AvgIpc) is 2.29. The van der Waals surface area contributed by atoms with E-state index in [1.165, 1.54) is 5.57 Å². The molecule has 0 bridgehead atoms. The molecule has 0 aliphatic carbocycles. The third-order valence-corrected chi connectivity index (χ3v) is 2.37. The van der Waals surface area contributed by atoms with Crippen molar-refractivity contribution in [3.05, 3.63) is 35.4 Å². The van der Waals surface area contributed by atoms with E-state index >= 15 is 0 Å². The summed E-state index contributed by atoms with van der Waals surface area (Å²) in [5.74, 6) is 0.868. The maximum Gasteiger partial charge on any atom is 0.118 e. The van der Waals surface area contributed by atoms with Crippen LogP contribution in [0.1, 0.15) is 19.4 Å². The molecule has 17 heavy (non-hydrogen) atoms. The predicted octanol–water partition coefficient (Wildman–Crippen LogP) is 2.07. The Balaban J connectivity index is 2.49. The number of aliphatic hydroxyl groups is 1. The van der Waals surface area contributed by atoms with E-state index in [0.717, 1.165) is 17.9 Å². The smallest absolute Gasteiger partial charge is 0.118 e. The van der Waals surface area contributed by atoms with Crippen molar-refractivity contribution >= 4 is 6.08 Å². The minimum absolute atomic E-state index is 0.302. The van der Waals surface area contributed by atoms with Crippen molar-refractivity contribution in [1.29, 1.82) is 0 Å². The van der Waals surface area contributed by atoms with E-state index < -0.39 is 0 Å². The SMILES string of the molecule is COc1ccc(/C=C(/C)CNCC(C)O)cc1. The third-order valence-electron chi connectivity index (χ3n) is 2.37. The number of rotatable bonds is 6. The van der Waals surface area contributed by atoms with E-state index in [9.17, 15) is 0 Å². The van der Waals surface area contributed by atoms with Crippen molar-refractivity contribution in [2.75, 3.05) is 20.2 Å². The highest BCUT2D eigenvalue weighted by molar-refractivity contribution is 5.53. The normalized spacial score (nSPS) is 13.5. The van der Waals surface area contributed by atoms with Gasteiger partial charge in [-0.15, -0.1) is 0 Å². The standard InChI is InChI=1S/C14H21NO2/c1-11(9-15-10-12(2)16)8-13-4-6-14(17-3)7-5-13/h4-8,12,15-16H,9-10H2,1-3H3/b11-8-. The molecule has 94 valence electrons. The van der Waals surface area contributed by atoms with Gasteiger partial charge in [0.05, 0.1) is 13.2 Å². The summed E-state index contributed by atoms with van der Waals surface area (Å²) in [4.78, 5) is 0. The lowest BCUT2D eigenvalue weighted by molar-refractivity contribution is 0.192. The lowest BCUT2D eigenvalue weighted by Gasteiger charge is -2.07. The number of methoxy groups -OCH3 is 1. The highest BCUT2D eigenvalue weighted by Crippen LogP contribution is 2.13. The van der Waals surface area contributed by atoms with Crippen LogP contribution < -0.4 is 10.1 Å². The van der Waals surface area contributed by atoms with E-state index in [1.54, 1.807) is 14.0 Å². The van der Waals surface area contributed by atoms with Gasteiger partial charge in [-0.25, -0.2) is 0 Å². The van der Waals surface area contributed by atoms with E-state index in [1.807, 2.05) is 24.3 Å². The second-order valence-electron chi connectivity index (χ2n) is 4.24. The van der Waals surface area contributed by atoms with Crippen LogP contribution in [0.25, 0.3) is 6.08 Å². The molecule has 1 rings (SSSR count). The molecule has 0 aliphatic heterocycles. The summed E-state index contributed by atoms with van der Waals surface area (Å²) in [6.45, 7) is 5.25. The van der Waals surface area contributed by atoms with E-state index in [0.29, 0.717) is 6.54 Å². The monoisotopic (exact) mass is 235 g/mol. The van der Waals surface area contributed by atoms with Gasteiger partial charge in [0.15, 0.2) is 0 Å². The Morgan fingerprint density at radius 3 is 2.59 bits per heavy atom. The van der Waals surface area contributed by atoms with E-state index in [-0.39, 0.29) is 6.10 Å². The van der Waals surface area contributed by atoms with Gasteiger partial charge in [0.1, 0.15) is 5.75 Å². The summed E-state index contributed by atoms with van der Waals surface area (Å²) in [5.41, 5.74) is 2.39. The zero-order valence-electron chi connectivity index (χ0n) is 10.7. The fourth-order valence-corrected chi connectivity index (χ4v) is 1.51. The van der Waals surface area contributed by atoms with Gasteiger partial charge in [0.25, 0.3) is 0 Å². The Morgan fingerprint density at radius 1 is 1.41 bits per heavy atom. The Kier molecular flexibility index (Phi) is 5.73. The van der Waals surface area contributed by atoms with E-state index in [4.69, 9.17) is 9.84 Å². The van der Waals surface area contributed by atoms with Crippen LogP contribution >= 0.6 is 0 Å². The zero-order valence-corrected chi connectivity index (χ0v) is 10.7. The highest BCUT2D eigenvalue weighted by atomic mass is 16.5. The van der Waals surface area contributed by atoms with Crippen molar-refractivity contribution in [3.63, 3.8) is 0 Å². The molecule has 0 saturated heterocycles. The van der Waals surface area contributed by atoms with Gasteiger partial charge in [0.2, 0.25) is 0 Å². The first-order valence-electron chi connectivity index (χ1n) is 5.82. The van der Waals surface area contributed by atoms with Crippen LogP contribution in [0.15, 0.2) is 29.8 Å². The van der Waals surface area contributed by atoms with Crippen LogP contribution in [-0.4, -0.2) is 31.4 Å². The second-order valence-corrected chi connectivity index (χ2v) is 4.24. The Hall–Kier alpha value is -1.32. The van der Waals surface area contributed by atoms with Gasteiger partial charge in [-0.05, 0) is 31.5 Å². The van der Waals surface area contributed by atoms with Crippen molar-refractivity contribution < 1.29 is 9.84 Å². The molecule has 0 saturated carbocycles. The number of benzene rings is 1. The summed E-state index contributed by atoms with van der Waals surface area (Å²) in [6, 6.07) is 7.94. The number of ether oxygens (including phenoxy) is 1. The molecular weight excluding hydrogens is 214 g/mol. The number of hydrogen-bond donors (Lipinski definition) is 2. The maximum atomic E-state index is 9.12. The fraction of sp³-hybridized carbons (Fsp3) is 0.429. The van der Waals surface area contributed by atoms with Crippen LogP contribution in [0, 0.1) is 0 Å². The average molecular weight is 235 g/mol. The molecule has 0 aromatic heterocycles. The number of hydrogen-bond acceptors (Lipinski definition) is 3. The second kappa shape index (κ2) is 7.09. The molecular formula is C14H21NO2. The molecule has 2 N–H and O–H groups in total. The first-order chi connectivity index (χ1) is 8.11. The van der Waals surface area contributed by atoms with Gasteiger partial charge >= 0.3 is 0 Å². The summed E-state index contributed by atoms with van der Waals surface area (Å²) >= 11 is 0. The molecule has 1 aromatic rings. The molecule has 0 spiro atoms. The fourth-order valence-electron chi connectivity index (χ4n) is 1.51. The molecule has 0 heterocycles. The first-order valence-corrected chi connectivity index (χ1v) is 5.82. The zero-order chi connectivity index (χ0) is 12.7. The molecule has 1 atom stereocenters.